The summed E-state index contributed by atoms with van der Waals surface area (Å²) in [5.74, 6) is -0.438. The Labute approximate surface area is 129 Å². The molecule has 0 radical (unpaired) electrons. The number of anilines is 1. The molecule has 0 bridgehead atoms. The summed E-state index contributed by atoms with van der Waals surface area (Å²) in [6.07, 6.45) is 7.71. The van der Waals surface area contributed by atoms with Crippen molar-refractivity contribution in [2.75, 3.05) is 5.32 Å². The number of amides is 1. The lowest BCUT2D eigenvalue weighted by molar-refractivity contribution is -0.116. The zero-order valence-electron chi connectivity index (χ0n) is 11.9. The Balaban J connectivity index is 1.85. The van der Waals surface area contributed by atoms with Crippen molar-refractivity contribution in [2.45, 2.75) is 44.9 Å². The molecular weight excluding hydrogens is 290 g/mol. The van der Waals surface area contributed by atoms with E-state index < -0.39 is 5.97 Å². The van der Waals surface area contributed by atoms with Crippen LogP contribution in [-0.4, -0.2) is 17.0 Å². The maximum atomic E-state index is 11.9. The van der Waals surface area contributed by atoms with E-state index in [2.05, 4.69) is 5.32 Å². The van der Waals surface area contributed by atoms with Gasteiger partial charge in [0.15, 0.2) is 0 Å². The Kier molecular flexibility index (Phi) is 5.62. The molecule has 21 heavy (non-hydrogen) atoms. The third-order valence-electron chi connectivity index (χ3n) is 3.99. The van der Waals surface area contributed by atoms with Crippen molar-refractivity contribution in [3.8, 4) is 0 Å². The van der Waals surface area contributed by atoms with E-state index in [9.17, 15) is 9.59 Å². The smallest absolute Gasteiger partial charge is 0.335 e. The van der Waals surface area contributed by atoms with E-state index in [1.165, 1.54) is 50.3 Å². The van der Waals surface area contributed by atoms with E-state index in [0.29, 0.717) is 18.0 Å². The molecule has 0 heterocycles. The quantitative estimate of drug-likeness (QED) is 0.850. The van der Waals surface area contributed by atoms with Crippen LogP contribution in [0, 0.1) is 5.92 Å². The van der Waals surface area contributed by atoms with Crippen molar-refractivity contribution in [1.29, 1.82) is 0 Å². The highest BCUT2D eigenvalue weighted by Crippen LogP contribution is 2.28. The predicted octanol–water partition coefficient (Wildman–Crippen LogP) is 4.34. The van der Waals surface area contributed by atoms with Crippen LogP contribution in [0.2, 0.25) is 5.02 Å². The number of hydrogen-bond acceptors (Lipinski definition) is 2. The first-order valence-electron chi connectivity index (χ1n) is 7.39. The molecule has 1 aliphatic rings. The average Bonchev–Trinajstić information content (AvgIpc) is 2.48. The number of benzene rings is 1. The van der Waals surface area contributed by atoms with Gasteiger partial charge in [0.1, 0.15) is 0 Å². The Bertz CT molecular complexity index is 524. The van der Waals surface area contributed by atoms with E-state index in [-0.39, 0.29) is 16.5 Å². The van der Waals surface area contributed by atoms with Gasteiger partial charge >= 0.3 is 5.97 Å². The van der Waals surface area contributed by atoms with Gasteiger partial charge in [-0.15, -0.1) is 0 Å². The molecule has 0 spiro atoms. The average molecular weight is 310 g/mol. The molecule has 2 N–H and O–H groups in total. The van der Waals surface area contributed by atoms with Gasteiger partial charge in [0.2, 0.25) is 5.91 Å². The second-order valence-electron chi connectivity index (χ2n) is 5.59. The first-order chi connectivity index (χ1) is 10.1. The zero-order valence-corrected chi connectivity index (χ0v) is 12.7. The van der Waals surface area contributed by atoms with E-state index >= 15 is 0 Å². The highest BCUT2D eigenvalue weighted by molar-refractivity contribution is 6.34. The normalized spacial score (nSPS) is 15.7. The minimum absolute atomic E-state index is 0.0643. The molecule has 0 aromatic heterocycles. The van der Waals surface area contributed by atoms with E-state index in [4.69, 9.17) is 16.7 Å². The van der Waals surface area contributed by atoms with Crippen molar-refractivity contribution in [1.82, 2.24) is 0 Å². The van der Waals surface area contributed by atoms with Crippen LogP contribution >= 0.6 is 11.6 Å². The number of aromatic carboxylic acids is 1. The SMILES string of the molecule is O=C(CCC1CCCCC1)Nc1ccc(C(=O)O)cc1Cl. The van der Waals surface area contributed by atoms with Crippen molar-refractivity contribution >= 4 is 29.2 Å². The lowest BCUT2D eigenvalue weighted by Crippen LogP contribution is -2.15. The van der Waals surface area contributed by atoms with Crippen molar-refractivity contribution < 1.29 is 14.7 Å². The highest BCUT2D eigenvalue weighted by atomic mass is 35.5. The van der Waals surface area contributed by atoms with Crippen LogP contribution < -0.4 is 5.32 Å². The first-order valence-corrected chi connectivity index (χ1v) is 7.77. The minimum Gasteiger partial charge on any atom is -0.478 e. The van der Waals surface area contributed by atoms with Gasteiger partial charge in [-0.2, -0.15) is 0 Å². The second-order valence-corrected chi connectivity index (χ2v) is 6.00. The Morgan fingerprint density at radius 1 is 1.24 bits per heavy atom. The Hall–Kier alpha value is -1.55. The number of carbonyl (C=O) groups is 2. The van der Waals surface area contributed by atoms with Crippen molar-refractivity contribution in [3.05, 3.63) is 28.8 Å². The fraction of sp³-hybridized carbons (Fsp3) is 0.500. The summed E-state index contributed by atoms with van der Waals surface area (Å²) >= 11 is 5.99. The molecule has 2 rings (SSSR count). The molecule has 1 amide bonds. The Morgan fingerprint density at radius 2 is 1.95 bits per heavy atom. The predicted molar refractivity (Wildman–Crippen MR) is 82.9 cm³/mol. The standard InChI is InChI=1S/C16H20ClNO3/c17-13-10-12(16(20)21)7-8-14(13)18-15(19)9-6-11-4-2-1-3-5-11/h7-8,10-11H,1-6,9H2,(H,18,19)(H,20,21). The van der Waals surface area contributed by atoms with E-state index in [0.717, 1.165) is 6.42 Å². The van der Waals surface area contributed by atoms with E-state index in [1.54, 1.807) is 0 Å². The van der Waals surface area contributed by atoms with Crippen LogP contribution in [-0.2, 0) is 4.79 Å². The molecule has 1 aliphatic carbocycles. The molecule has 1 aromatic rings. The fourth-order valence-electron chi connectivity index (χ4n) is 2.77. The molecule has 0 saturated heterocycles. The lowest BCUT2D eigenvalue weighted by atomic mass is 9.86. The number of rotatable bonds is 5. The monoisotopic (exact) mass is 309 g/mol. The maximum Gasteiger partial charge on any atom is 0.335 e. The summed E-state index contributed by atoms with van der Waals surface area (Å²) in [6.45, 7) is 0. The van der Waals surface area contributed by atoms with Crippen molar-refractivity contribution in [3.63, 3.8) is 0 Å². The summed E-state index contributed by atoms with van der Waals surface area (Å²) in [5, 5.41) is 11.9. The van der Waals surface area contributed by atoms with Gasteiger partial charge in [-0.05, 0) is 30.5 Å². The van der Waals surface area contributed by atoms with Crippen LogP contribution in [0.5, 0.6) is 0 Å². The van der Waals surface area contributed by atoms with Crippen molar-refractivity contribution in [2.24, 2.45) is 5.92 Å². The van der Waals surface area contributed by atoms with Crippen LogP contribution in [0.15, 0.2) is 18.2 Å². The molecule has 0 unspecified atom stereocenters. The molecule has 0 atom stereocenters. The molecule has 1 aromatic carbocycles. The maximum absolute atomic E-state index is 11.9. The van der Waals surface area contributed by atoms with Gasteiger partial charge in [-0.1, -0.05) is 43.7 Å². The number of hydrogen-bond donors (Lipinski definition) is 2. The molecule has 0 aliphatic heterocycles. The van der Waals surface area contributed by atoms with Gasteiger partial charge in [-0.3, -0.25) is 4.79 Å². The lowest BCUT2D eigenvalue weighted by Gasteiger charge is -2.21. The largest absolute Gasteiger partial charge is 0.478 e. The number of nitrogens with one attached hydrogen (secondary N) is 1. The summed E-state index contributed by atoms with van der Waals surface area (Å²) in [4.78, 5) is 22.8. The molecule has 1 fully saturated rings. The molecular formula is C16H20ClNO3. The number of carbonyl (C=O) groups excluding carboxylic acids is 1. The Morgan fingerprint density at radius 3 is 2.57 bits per heavy atom. The molecule has 114 valence electrons. The van der Waals surface area contributed by atoms with Crippen LogP contribution in [0.3, 0.4) is 0 Å². The zero-order chi connectivity index (χ0) is 15.2. The minimum atomic E-state index is -1.04. The summed E-state index contributed by atoms with van der Waals surface area (Å²) < 4.78 is 0. The third-order valence-corrected chi connectivity index (χ3v) is 4.31. The second kappa shape index (κ2) is 7.46. The van der Waals surface area contributed by atoms with Gasteiger partial charge in [0.05, 0.1) is 16.3 Å². The topological polar surface area (TPSA) is 66.4 Å². The summed E-state index contributed by atoms with van der Waals surface area (Å²) in [7, 11) is 0. The molecule has 4 nitrogen and oxygen atoms in total. The third kappa shape index (κ3) is 4.74. The molecule has 5 heteroatoms. The van der Waals surface area contributed by atoms with Gasteiger partial charge in [0.25, 0.3) is 0 Å². The summed E-state index contributed by atoms with van der Waals surface area (Å²) in [5.41, 5.74) is 0.579. The highest BCUT2D eigenvalue weighted by Gasteiger charge is 2.15. The van der Waals surface area contributed by atoms with Crippen LogP contribution in [0.25, 0.3) is 0 Å². The summed E-state index contributed by atoms with van der Waals surface area (Å²) in [6, 6.07) is 4.32. The van der Waals surface area contributed by atoms with E-state index in [1.807, 2.05) is 0 Å². The fourth-order valence-corrected chi connectivity index (χ4v) is 3.00. The van der Waals surface area contributed by atoms with Gasteiger partial charge in [-0.25, -0.2) is 4.79 Å². The molecule has 1 saturated carbocycles. The first kappa shape index (κ1) is 15.8. The van der Waals surface area contributed by atoms with Gasteiger partial charge < -0.3 is 10.4 Å². The van der Waals surface area contributed by atoms with Crippen LogP contribution in [0.4, 0.5) is 5.69 Å². The van der Waals surface area contributed by atoms with Gasteiger partial charge in [0, 0.05) is 6.42 Å². The van der Waals surface area contributed by atoms with Crippen LogP contribution in [0.1, 0.15) is 55.3 Å². The number of halogens is 1. The number of carboxylic acids is 1. The number of carboxylic acid groups (broad SMARTS) is 1.